The summed E-state index contributed by atoms with van der Waals surface area (Å²) in [5.41, 5.74) is 0. The molecular weight excluding hydrogens is 186 g/mol. The van der Waals surface area contributed by atoms with Crippen LogP contribution in [0.5, 0.6) is 0 Å². The molecule has 2 atom stereocenters. The summed E-state index contributed by atoms with van der Waals surface area (Å²) in [6.45, 7) is 1.60. The Labute approximate surface area is 81.0 Å². The van der Waals surface area contributed by atoms with Gasteiger partial charge in [-0.2, -0.15) is 0 Å². The average Bonchev–Trinajstić information content (AvgIpc) is 2.84. The molecule has 1 saturated heterocycles. The van der Waals surface area contributed by atoms with Crippen molar-refractivity contribution in [2.45, 2.75) is 13.3 Å². The highest BCUT2D eigenvalue weighted by atomic mass is 16.5. The maximum absolute atomic E-state index is 11.4. The van der Waals surface area contributed by atoms with Crippen LogP contribution in [0.1, 0.15) is 13.3 Å². The van der Waals surface area contributed by atoms with Crippen LogP contribution in [0.15, 0.2) is 0 Å². The summed E-state index contributed by atoms with van der Waals surface area (Å²) in [6.07, 6.45) is 0.710. The third-order valence-corrected chi connectivity index (χ3v) is 2.58. The van der Waals surface area contributed by atoms with E-state index < -0.39 is 5.97 Å². The number of fused-ring (bicyclic) bond motifs is 1. The van der Waals surface area contributed by atoms with Crippen LogP contribution >= 0.6 is 0 Å². The minimum Gasteiger partial charge on any atom is -0.464 e. The van der Waals surface area contributed by atoms with Crippen LogP contribution in [-0.2, 0) is 19.1 Å². The van der Waals surface area contributed by atoms with Crippen molar-refractivity contribution in [2.75, 3.05) is 13.2 Å². The summed E-state index contributed by atoms with van der Waals surface area (Å²) in [5.74, 6) is -0.742. The summed E-state index contributed by atoms with van der Waals surface area (Å²) in [6, 6.07) is 0. The minimum atomic E-state index is -0.394. The number of ether oxygens (including phenoxy) is 1. The van der Waals surface area contributed by atoms with Gasteiger partial charge in [-0.25, -0.2) is 0 Å². The van der Waals surface area contributed by atoms with E-state index in [0.29, 0.717) is 6.42 Å². The Hall–Kier alpha value is -1.39. The van der Waals surface area contributed by atoms with Crippen molar-refractivity contribution in [2.24, 2.45) is 11.8 Å². The van der Waals surface area contributed by atoms with E-state index in [1.165, 1.54) is 11.8 Å². The van der Waals surface area contributed by atoms with E-state index >= 15 is 0 Å². The molecule has 0 aromatic rings. The van der Waals surface area contributed by atoms with Crippen molar-refractivity contribution in [3.05, 3.63) is 0 Å². The Bertz CT molecular complexity index is 292. The number of likely N-dealkylation sites (tertiary alicyclic amines) is 1. The van der Waals surface area contributed by atoms with Crippen LogP contribution in [-0.4, -0.2) is 35.8 Å². The molecule has 2 rings (SSSR count). The lowest BCUT2D eigenvalue weighted by Gasteiger charge is -2.15. The fraction of sp³-hybridized carbons (Fsp3) is 0.667. The van der Waals surface area contributed by atoms with E-state index in [1.807, 2.05) is 0 Å². The first-order chi connectivity index (χ1) is 6.61. The molecule has 14 heavy (non-hydrogen) atoms. The Balaban J connectivity index is 1.84. The van der Waals surface area contributed by atoms with Gasteiger partial charge in [-0.3, -0.25) is 19.3 Å². The summed E-state index contributed by atoms with van der Waals surface area (Å²) in [4.78, 5) is 34.4. The zero-order valence-electron chi connectivity index (χ0n) is 7.86. The highest BCUT2D eigenvalue weighted by Crippen LogP contribution is 2.46. The van der Waals surface area contributed by atoms with Crippen molar-refractivity contribution < 1.29 is 19.1 Å². The Kier molecular flexibility index (Phi) is 2.02. The van der Waals surface area contributed by atoms with Crippen molar-refractivity contribution in [3.63, 3.8) is 0 Å². The summed E-state index contributed by atoms with van der Waals surface area (Å²) >= 11 is 0. The molecule has 0 radical (unpaired) electrons. The van der Waals surface area contributed by atoms with Crippen molar-refractivity contribution in [1.82, 2.24) is 4.90 Å². The largest absolute Gasteiger partial charge is 0.464 e. The molecule has 0 aromatic carbocycles. The molecular formula is C9H11NO4. The Morgan fingerprint density at radius 3 is 2.50 bits per heavy atom. The molecule has 1 aliphatic heterocycles. The van der Waals surface area contributed by atoms with Crippen molar-refractivity contribution in [3.8, 4) is 0 Å². The fourth-order valence-corrected chi connectivity index (χ4v) is 1.75. The molecule has 0 aromatic heterocycles. The van der Waals surface area contributed by atoms with Gasteiger partial charge in [-0.1, -0.05) is 0 Å². The number of esters is 1. The van der Waals surface area contributed by atoms with E-state index in [-0.39, 0.29) is 36.8 Å². The molecule has 5 nitrogen and oxygen atoms in total. The molecule has 1 aliphatic carbocycles. The second kappa shape index (κ2) is 3.08. The summed E-state index contributed by atoms with van der Waals surface area (Å²) in [5, 5.41) is 0. The first-order valence-corrected chi connectivity index (χ1v) is 4.60. The van der Waals surface area contributed by atoms with Crippen LogP contribution in [0.3, 0.4) is 0 Å². The number of hydrogen-bond donors (Lipinski definition) is 0. The van der Waals surface area contributed by atoms with Gasteiger partial charge in [0.05, 0.1) is 18.4 Å². The van der Waals surface area contributed by atoms with E-state index in [1.54, 1.807) is 0 Å². The number of rotatable bonds is 3. The summed E-state index contributed by atoms with van der Waals surface area (Å²) < 4.78 is 4.67. The number of piperidine rings is 1. The van der Waals surface area contributed by atoms with Gasteiger partial charge in [0, 0.05) is 6.92 Å². The quantitative estimate of drug-likeness (QED) is 0.454. The standard InChI is InChI=1S/C9H11NO4/c1-5(11)14-3-2-10-8(12)6-4-7(6)9(10)13/h6-7H,2-4H2,1H3. The van der Waals surface area contributed by atoms with Gasteiger partial charge in [0.1, 0.15) is 6.61 Å². The molecule has 76 valence electrons. The molecule has 1 heterocycles. The van der Waals surface area contributed by atoms with Gasteiger partial charge >= 0.3 is 5.97 Å². The van der Waals surface area contributed by atoms with E-state index in [4.69, 9.17) is 0 Å². The Morgan fingerprint density at radius 1 is 1.43 bits per heavy atom. The molecule has 0 bridgehead atoms. The number of nitrogens with zero attached hydrogens (tertiary/aromatic N) is 1. The van der Waals surface area contributed by atoms with Crippen molar-refractivity contribution >= 4 is 17.8 Å². The monoisotopic (exact) mass is 197 g/mol. The predicted molar refractivity (Wildman–Crippen MR) is 45.0 cm³/mol. The molecule has 5 heteroatoms. The lowest BCUT2D eigenvalue weighted by molar-refractivity contribution is -0.147. The average molecular weight is 197 g/mol. The molecule has 2 unspecified atom stereocenters. The summed E-state index contributed by atoms with van der Waals surface area (Å²) in [7, 11) is 0. The van der Waals surface area contributed by atoms with Crippen LogP contribution in [0.2, 0.25) is 0 Å². The molecule has 2 aliphatic rings. The molecule has 0 N–H and O–H groups in total. The number of carbonyl (C=O) groups is 3. The second-order valence-corrected chi connectivity index (χ2v) is 3.62. The smallest absolute Gasteiger partial charge is 0.302 e. The second-order valence-electron chi connectivity index (χ2n) is 3.62. The molecule has 2 fully saturated rings. The lowest BCUT2D eigenvalue weighted by atomic mass is 10.4. The van der Waals surface area contributed by atoms with Gasteiger partial charge in [0.15, 0.2) is 0 Å². The van der Waals surface area contributed by atoms with Crippen molar-refractivity contribution in [1.29, 1.82) is 0 Å². The number of imide groups is 1. The zero-order chi connectivity index (χ0) is 10.3. The van der Waals surface area contributed by atoms with Gasteiger partial charge in [0.2, 0.25) is 11.8 Å². The Morgan fingerprint density at radius 2 is 2.00 bits per heavy atom. The third kappa shape index (κ3) is 1.38. The van der Waals surface area contributed by atoms with E-state index in [0.717, 1.165) is 0 Å². The predicted octanol–water partition coefficient (Wildman–Crippen LogP) is -0.446. The molecule has 0 spiro atoms. The zero-order valence-corrected chi connectivity index (χ0v) is 7.86. The third-order valence-electron chi connectivity index (χ3n) is 2.58. The van der Waals surface area contributed by atoms with Crippen LogP contribution < -0.4 is 0 Å². The van der Waals surface area contributed by atoms with Crippen LogP contribution in [0.25, 0.3) is 0 Å². The van der Waals surface area contributed by atoms with Gasteiger partial charge in [-0.05, 0) is 6.42 Å². The van der Waals surface area contributed by atoms with E-state index in [2.05, 4.69) is 4.74 Å². The SMILES string of the molecule is CC(=O)OCCN1C(=O)C2CC2C1=O. The molecule has 2 amide bonds. The number of carbonyl (C=O) groups excluding carboxylic acids is 3. The maximum atomic E-state index is 11.4. The van der Waals surface area contributed by atoms with Gasteiger partial charge in [-0.15, -0.1) is 0 Å². The van der Waals surface area contributed by atoms with Crippen LogP contribution in [0.4, 0.5) is 0 Å². The van der Waals surface area contributed by atoms with Gasteiger partial charge in [0.25, 0.3) is 0 Å². The number of hydrogen-bond acceptors (Lipinski definition) is 4. The highest BCUT2D eigenvalue weighted by molar-refractivity contribution is 6.08. The molecule has 1 saturated carbocycles. The normalized spacial score (nSPS) is 29.1. The topological polar surface area (TPSA) is 63.7 Å². The lowest BCUT2D eigenvalue weighted by Crippen LogP contribution is -2.36. The first kappa shape index (κ1) is 9.18. The fourth-order valence-electron chi connectivity index (χ4n) is 1.75. The van der Waals surface area contributed by atoms with E-state index in [9.17, 15) is 14.4 Å². The maximum Gasteiger partial charge on any atom is 0.302 e. The highest BCUT2D eigenvalue weighted by Gasteiger charge is 2.58. The van der Waals surface area contributed by atoms with Gasteiger partial charge < -0.3 is 4.74 Å². The number of amides is 2. The van der Waals surface area contributed by atoms with Crippen LogP contribution in [0, 0.1) is 11.8 Å². The minimum absolute atomic E-state index is 0.0696. The first-order valence-electron chi connectivity index (χ1n) is 4.60.